The molecule has 5 nitrogen and oxygen atoms in total. The van der Waals surface area contributed by atoms with Gasteiger partial charge in [0.15, 0.2) is 5.69 Å². The first kappa shape index (κ1) is 31.7. The Morgan fingerprint density at radius 3 is 1.61 bits per heavy atom. The van der Waals surface area contributed by atoms with E-state index in [0.29, 0.717) is 11.6 Å². The molecule has 0 N–H and O–H groups in total. The fourth-order valence-electron chi connectivity index (χ4n) is 8.76. The van der Waals surface area contributed by atoms with E-state index < -0.39 is 0 Å². The minimum absolute atomic E-state index is 0.366. The SMILES string of the molecule is N#Cc1nc(-n2c3ccccc3c3cc(-c4ccc5c(c4)c4cc(-c6ccc7sc8ccccc8c7c6)ccc4n5-c4ccccc4)ccc32)nc2ccccc12. The van der Waals surface area contributed by atoms with Crippen LogP contribution in [0.25, 0.3) is 109 Å². The van der Waals surface area contributed by atoms with Crippen molar-refractivity contribution in [3.8, 4) is 40.0 Å². The molecule has 0 atom stereocenters. The number of para-hydroxylation sites is 3. The van der Waals surface area contributed by atoms with Crippen LogP contribution in [0.3, 0.4) is 0 Å². The number of hydrogen-bond acceptors (Lipinski definition) is 4. The Hall–Kier alpha value is -7.59. The highest BCUT2D eigenvalue weighted by Crippen LogP contribution is 2.41. The molecule has 0 aliphatic heterocycles. The molecule has 4 heterocycles. The minimum atomic E-state index is 0.366. The van der Waals surface area contributed by atoms with Gasteiger partial charge in [0.25, 0.3) is 0 Å². The first-order valence-electron chi connectivity index (χ1n) is 19.0. The maximum absolute atomic E-state index is 10.0. The van der Waals surface area contributed by atoms with Gasteiger partial charge in [0.1, 0.15) is 6.07 Å². The molecule has 8 aromatic carbocycles. The van der Waals surface area contributed by atoms with Crippen LogP contribution in [0.2, 0.25) is 0 Å². The van der Waals surface area contributed by atoms with E-state index in [0.717, 1.165) is 55.0 Å². The maximum Gasteiger partial charge on any atom is 0.236 e. The molecule has 4 aromatic heterocycles. The molecule has 0 saturated heterocycles. The van der Waals surface area contributed by atoms with Gasteiger partial charge in [-0.15, -0.1) is 11.3 Å². The predicted octanol–water partition coefficient (Wildman–Crippen LogP) is 13.4. The monoisotopic (exact) mass is 743 g/mol. The van der Waals surface area contributed by atoms with Gasteiger partial charge in [-0.2, -0.15) is 5.26 Å². The largest absolute Gasteiger partial charge is 0.309 e. The second kappa shape index (κ2) is 12.2. The molecule has 0 amide bonds. The van der Waals surface area contributed by atoms with Gasteiger partial charge in [-0.05, 0) is 107 Å². The molecule has 0 fully saturated rings. The molecule has 6 heteroatoms. The highest BCUT2D eigenvalue weighted by Gasteiger charge is 2.19. The highest BCUT2D eigenvalue weighted by atomic mass is 32.1. The summed E-state index contributed by atoms with van der Waals surface area (Å²) in [7, 11) is 0. The van der Waals surface area contributed by atoms with Gasteiger partial charge >= 0.3 is 0 Å². The molecule has 0 bridgehead atoms. The first-order valence-corrected chi connectivity index (χ1v) is 19.8. The lowest BCUT2D eigenvalue weighted by atomic mass is 9.98. The van der Waals surface area contributed by atoms with E-state index in [9.17, 15) is 5.26 Å². The zero-order chi connectivity index (χ0) is 37.6. The van der Waals surface area contributed by atoms with Crippen molar-refractivity contribution in [2.24, 2.45) is 0 Å². The van der Waals surface area contributed by atoms with Crippen LogP contribution < -0.4 is 0 Å². The fraction of sp³-hybridized carbons (Fsp3) is 0. The van der Waals surface area contributed by atoms with Crippen molar-refractivity contribution in [2.45, 2.75) is 0 Å². The first-order chi connectivity index (χ1) is 28.2. The quantitative estimate of drug-likeness (QED) is 0.180. The lowest BCUT2D eigenvalue weighted by molar-refractivity contribution is 1.00. The average molecular weight is 744 g/mol. The van der Waals surface area contributed by atoms with E-state index >= 15 is 0 Å². The summed E-state index contributed by atoms with van der Waals surface area (Å²) in [6, 6.07) is 64.9. The molecule has 0 unspecified atom stereocenters. The van der Waals surface area contributed by atoms with E-state index in [1.165, 1.54) is 47.6 Å². The van der Waals surface area contributed by atoms with Crippen LogP contribution in [-0.4, -0.2) is 19.1 Å². The average Bonchev–Trinajstić information content (AvgIpc) is 3.93. The molecule has 12 aromatic rings. The fourth-order valence-corrected chi connectivity index (χ4v) is 9.85. The lowest BCUT2D eigenvalue weighted by Gasteiger charge is -2.09. The standard InChI is InChI=1S/C51H29N5S/c52-30-44-38-14-4-7-15-43(38)53-51(54-44)56-45-16-8-5-12-36(45)39-26-31(20-24-48(39)56)32-18-22-46-40(27-32)41-28-33(19-23-47(41)55(46)35-10-2-1-3-11-35)34-21-25-50-42(29-34)37-13-6-9-17-49(37)57-50/h1-29H. The van der Waals surface area contributed by atoms with Gasteiger partial charge < -0.3 is 4.57 Å². The van der Waals surface area contributed by atoms with Gasteiger partial charge in [-0.25, -0.2) is 9.97 Å². The molecule has 0 saturated carbocycles. The van der Waals surface area contributed by atoms with Crippen molar-refractivity contribution in [1.82, 2.24) is 19.1 Å². The summed E-state index contributed by atoms with van der Waals surface area (Å²) in [5.74, 6) is 0.487. The maximum atomic E-state index is 10.0. The molecule has 0 spiro atoms. The van der Waals surface area contributed by atoms with E-state index in [2.05, 4.69) is 161 Å². The van der Waals surface area contributed by atoms with Crippen molar-refractivity contribution in [3.05, 3.63) is 182 Å². The number of fused-ring (bicyclic) bond motifs is 10. The van der Waals surface area contributed by atoms with Gasteiger partial charge in [0.2, 0.25) is 5.95 Å². The van der Waals surface area contributed by atoms with Crippen LogP contribution >= 0.6 is 11.3 Å². The normalized spacial score (nSPS) is 11.8. The molecule has 0 aliphatic carbocycles. The van der Waals surface area contributed by atoms with Gasteiger partial charge in [0, 0.05) is 52.8 Å². The van der Waals surface area contributed by atoms with Crippen LogP contribution in [-0.2, 0) is 0 Å². The second-order valence-corrected chi connectivity index (χ2v) is 15.6. The molecular weight excluding hydrogens is 715 g/mol. The Kier molecular flexibility index (Phi) is 6.80. The van der Waals surface area contributed by atoms with Crippen LogP contribution in [0.5, 0.6) is 0 Å². The topological polar surface area (TPSA) is 59.4 Å². The van der Waals surface area contributed by atoms with Gasteiger partial charge in [0.05, 0.1) is 27.6 Å². The predicted molar refractivity (Wildman–Crippen MR) is 237 cm³/mol. The van der Waals surface area contributed by atoms with Crippen molar-refractivity contribution in [2.75, 3.05) is 0 Å². The Labute approximate surface area is 330 Å². The third-order valence-electron chi connectivity index (χ3n) is 11.4. The zero-order valence-corrected chi connectivity index (χ0v) is 31.2. The smallest absolute Gasteiger partial charge is 0.236 e. The molecule has 0 radical (unpaired) electrons. The summed E-state index contributed by atoms with van der Waals surface area (Å²) in [6.45, 7) is 0. The third-order valence-corrected chi connectivity index (χ3v) is 12.5. The van der Waals surface area contributed by atoms with Gasteiger partial charge in [-0.1, -0.05) is 91.0 Å². The molecule has 12 rings (SSSR count). The highest BCUT2D eigenvalue weighted by molar-refractivity contribution is 7.25. The number of benzene rings is 8. The summed E-state index contributed by atoms with van der Waals surface area (Å²) in [5, 5.41) is 18.0. The van der Waals surface area contributed by atoms with E-state index in [1.54, 1.807) is 0 Å². The number of thiophene rings is 1. The molecule has 264 valence electrons. The zero-order valence-electron chi connectivity index (χ0n) is 30.4. The minimum Gasteiger partial charge on any atom is -0.309 e. The van der Waals surface area contributed by atoms with Crippen molar-refractivity contribution < 1.29 is 0 Å². The summed E-state index contributed by atoms with van der Waals surface area (Å²) in [6.07, 6.45) is 0. The Morgan fingerprint density at radius 2 is 0.912 bits per heavy atom. The lowest BCUT2D eigenvalue weighted by Crippen LogP contribution is -2.03. The number of nitrogens with zero attached hydrogens (tertiary/aromatic N) is 5. The van der Waals surface area contributed by atoms with Crippen molar-refractivity contribution >= 4 is 86.0 Å². The molecule has 57 heavy (non-hydrogen) atoms. The summed E-state index contributed by atoms with van der Waals surface area (Å²) in [4.78, 5) is 9.73. The number of nitriles is 1. The summed E-state index contributed by atoms with van der Waals surface area (Å²) < 4.78 is 7.08. The van der Waals surface area contributed by atoms with E-state index in [4.69, 9.17) is 9.97 Å². The second-order valence-electron chi connectivity index (χ2n) is 14.5. The third kappa shape index (κ3) is 4.80. The van der Waals surface area contributed by atoms with Crippen LogP contribution in [0, 0.1) is 11.3 Å². The van der Waals surface area contributed by atoms with E-state index in [-0.39, 0.29) is 0 Å². The van der Waals surface area contributed by atoms with Gasteiger partial charge in [-0.3, -0.25) is 4.57 Å². The van der Waals surface area contributed by atoms with Crippen LogP contribution in [0.1, 0.15) is 5.69 Å². The number of hydrogen-bond donors (Lipinski definition) is 0. The number of rotatable bonds is 4. The van der Waals surface area contributed by atoms with Crippen LogP contribution in [0.15, 0.2) is 176 Å². The summed E-state index contributed by atoms with van der Waals surface area (Å²) in [5.41, 5.74) is 11.2. The Balaban J connectivity index is 1.05. The Bertz CT molecular complexity index is 3660. The summed E-state index contributed by atoms with van der Waals surface area (Å²) >= 11 is 1.85. The molecule has 0 aliphatic rings. The molecular formula is C51H29N5S. The van der Waals surface area contributed by atoms with Crippen LogP contribution in [0.4, 0.5) is 0 Å². The van der Waals surface area contributed by atoms with E-state index in [1.807, 2.05) is 41.7 Å². The van der Waals surface area contributed by atoms with Crippen molar-refractivity contribution in [1.29, 1.82) is 5.26 Å². The number of aromatic nitrogens is 4. The van der Waals surface area contributed by atoms with Crippen molar-refractivity contribution in [3.63, 3.8) is 0 Å². The Morgan fingerprint density at radius 1 is 0.404 bits per heavy atom.